The van der Waals surface area contributed by atoms with Crippen molar-refractivity contribution in [2.75, 3.05) is 26.2 Å². The summed E-state index contributed by atoms with van der Waals surface area (Å²) in [6.07, 6.45) is 11.8. The number of hydrogen-bond acceptors (Lipinski definition) is 3. The SMILES string of the molecule is CCCCCN(CCCCC)N1CCC12NCCCC2c1ccc(C)c(C)c1. The first-order chi connectivity index (χ1) is 13.6. The number of hydrazine groups is 1. The summed E-state index contributed by atoms with van der Waals surface area (Å²) in [5.41, 5.74) is 4.54. The summed E-state index contributed by atoms with van der Waals surface area (Å²) in [5, 5.41) is 9.48. The second kappa shape index (κ2) is 10.2. The predicted molar refractivity (Wildman–Crippen MR) is 121 cm³/mol. The van der Waals surface area contributed by atoms with Gasteiger partial charge >= 0.3 is 0 Å². The average molecular weight is 386 g/mol. The topological polar surface area (TPSA) is 18.5 Å². The van der Waals surface area contributed by atoms with Crippen LogP contribution in [0.5, 0.6) is 0 Å². The number of unbranched alkanes of at least 4 members (excludes halogenated alkanes) is 4. The molecule has 158 valence electrons. The standard InChI is InChI=1S/C25H43N3/c1-5-7-9-17-27(18-10-8-6-2)28-19-15-25(28)24(12-11-16-26-25)23-14-13-21(3)22(4)20-23/h13-14,20,24,26H,5-12,15-19H2,1-4H3. The van der Waals surface area contributed by atoms with Crippen molar-refractivity contribution in [2.45, 2.75) is 97.1 Å². The minimum absolute atomic E-state index is 0.151. The summed E-state index contributed by atoms with van der Waals surface area (Å²) < 4.78 is 0. The Kier molecular flexibility index (Phi) is 7.96. The van der Waals surface area contributed by atoms with Crippen LogP contribution >= 0.6 is 0 Å². The van der Waals surface area contributed by atoms with Gasteiger partial charge in [-0.1, -0.05) is 57.7 Å². The van der Waals surface area contributed by atoms with Crippen molar-refractivity contribution in [3.63, 3.8) is 0 Å². The quantitative estimate of drug-likeness (QED) is 0.516. The Balaban J connectivity index is 1.80. The van der Waals surface area contributed by atoms with Crippen LogP contribution in [0.15, 0.2) is 18.2 Å². The first-order valence-corrected chi connectivity index (χ1v) is 12.0. The first kappa shape index (κ1) is 21.8. The van der Waals surface area contributed by atoms with E-state index in [1.54, 1.807) is 5.56 Å². The maximum absolute atomic E-state index is 4.01. The monoisotopic (exact) mass is 385 g/mol. The van der Waals surface area contributed by atoms with E-state index in [0.29, 0.717) is 5.92 Å². The Labute approximate surface area is 173 Å². The molecular weight excluding hydrogens is 342 g/mol. The van der Waals surface area contributed by atoms with Crippen LogP contribution in [0.3, 0.4) is 0 Å². The molecule has 0 aromatic heterocycles. The lowest BCUT2D eigenvalue weighted by Crippen LogP contribution is -2.76. The Morgan fingerprint density at radius 2 is 1.75 bits per heavy atom. The summed E-state index contributed by atoms with van der Waals surface area (Å²) in [6.45, 7) is 13.9. The number of nitrogens with zero attached hydrogens (tertiary/aromatic N) is 2. The fourth-order valence-corrected chi connectivity index (χ4v) is 5.22. The molecule has 2 unspecified atom stereocenters. The van der Waals surface area contributed by atoms with Crippen LogP contribution in [-0.2, 0) is 0 Å². The van der Waals surface area contributed by atoms with Crippen LogP contribution in [0.4, 0.5) is 0 Å². The van der Waals surface area contributed by atoms with E-state index in [1.807, 2.05) is 0 Å². The van der Waals surface area contributed by atoms with Crippen molar-refractivity contribution in [3.8, 4) is 0 Å². The van der Waals surface area contributed by atoms with Gasteiger partial charge < -0.3 is 0 Å². The van der Waals surface area contributed by atoms with Crippen LogP contribution in [0.1, 0.15) is 94.2 Å². The van der Waals surface area contributed by atoms with Gasteiger partial charge in [0.25, 0.3) is 0 Å². The minimum atomic E-state index is 0.151. The molecule has 1 aromatic rings. The van der Waals surface area contributed by atoms with Crippen molar-refractivity contribution in [3.05, 3.63) is 34.9 Å². The van der Waals surface area contributed by atoms with Gasteiger partial charge in [-0.15, -0.1) is 0 Å². The molecule has 1 spiro atoms. The molecule has 1 aromatic carbocycles. The number of aryl methyl sites for hydroxylation is 2. The van der Waals surface area contributed by atoms with Crippen molar-refractivity contribution in [2.24, 2.45) is 0 Å². The van der Waals surface area contributed by atoms with Crippen molar-refractivity contribution in [1.29, 1.82) is 0 Å². The third kappa shape index (κ3) is 4.63. The van der Waals surface area contributed by atoms with Gasteiger partial charge in [0.2, 0.25) is 0 Å². The number of benzene rings is 1. The molecule has 2 aliphatic heterocycles. The molecule has 3 heteroatoms. The van der Waals surface area contributed by atoms with Gasteiger partial charge in [0.05, 0.1) is 5.66 Å². The van der Waals surface area contributed by atoms with Gasteiger partial charge in [-0.3, -0.25) is 5.32 Å². The molecule has 2 heterocycles. The van der Waals surface area contributed by atoms with E-state index in [9.17, 15) is 0 Å². The predicted octanol–water partition coefficient (Wildman–Crippen LogP) is 5.77. The normalized spacial score (nSPS) is 25.4. The van der Waals surface area contributed by atoms with E-state index >= 15 is 0 Å². The largest absolute Gasteiger partial charge is 0.298 e. The molecular formula is C25H43N3. The molecule has 2 saturated heterocycles. The second-order valence-corrected chi connectivity index (χ2v) is 9.13. The smallest absolute Gasteiger partial charge is 0.0929 e. The highest BCUT2D eigenvalue weighted by Crippen LogP contribution is 2.46. The highest BCUT2D eigenvalue weighted by molar-refractivity contribution is 5.34. The minimum Gasteiger partial charge on any atom is -0.298 e. The average Bonchev–Trinajstić information content (AvgIpc) is 2.69. The van der Waals surface area contributed by atoms with Gasteiger partial charge in [-0.2, -0.15) is 0 Å². The van der Waals surface area contributed by atoms with E-state index < -0.39 is 0 Å². The molecule has 0 radical (unpaired) electrons. The van der Waals surface area contributed by atoms with Crippen molar-refractivity contribution >= 4 is 0 Å². The lowest BCUT2D eigenvalue weighted by Gasteiger charge is -2.62. The lowest BCUT2D eigenvalue weighted by atomic mass is 9.73. The maximum Gasteiger partial charge on any atom is 0.0929 e. The Morgan fingerprint density at radius 3 is 2.32 bits per heavy atom. The summed E-state index contributed by atoms with van der Waals surface area (Å²) >= 11 is 0. The Morgan fingerprint density at radius 1 is 1.04 bits per heavy atom. The molecule has 2 aliphatic rings. The molecule has 0 saturated carbocycles. The van der Waals surface area contributed by atoms with E-state index in [2.05, 4.69) is 61.2 Å². The van der Waals surface area contributed by atoms with Gasteiger partial charge in [0.1, 0.15) is 0 Å². The van der Waals surface area contributed by atoms with Crippen molar-refractivity contribution < 1.29 is 0 Å². The van der Waals surface area contributed by atoms with E-state index in [-0.39, 0.29) is 5.66 Å². The number of piperidine rings is 1. The van der Waals surface area contributed by atoms with Gasteiger partial charge in [-0.25, -0.2) is 10.0 Å². The molecule has 1 N–H and O–H groups in total. The summed E-state index contributed by atoms with van der Waals surface area (Å²) in [7, 11) is 0. The van der Waals surface area contributed by atoms with Gasteiger partial charge in [0, 0.05) is 25.6 Å². The molecule has 0 amide bonds. The number of rotatable bonds is 10. The summed E-state index contributed by atoms with van der Waals surface area (Å²) in [6, 6.07) is 7.19. The van der Waals surface area contributed by atoms with Crippen LogP contribution in [0, 0.1) is 13.8 Å². The van der Waals surface area contributed by atoms with Crippen molar-refractivity contribution in [1.82, 2.24) is 15.3 Å². The van der Waals surface area contributed by atoms with E-state index in [1.165, 1.54) is 88.5 Å². The third-order valence-corrected chi connectivity index (χ3v) is 7.16. The molecule has 3 rings (SSSR count). The van der Waals surface area contributed by atoms with Gasteiger partial charge in [-0.05, 0) is 69.2 Å². The van der Waals surface area contributed by atoms with E-state index in [0.717, 1.165) is 6.54 Å². The number of nitrogens with one attached hydrogen (secondary N) is 1. The van der Waals surface area contributed by atoms with Crippen LogP contribution in [0.25, 0.3) is 0 Å². The maximum atomic E-state index is 4.01. The molecule has 0 bridgehead atoms. The van der Waals surface area contributed by atoms with Gasteiger partial charge in [0.15, 0.2) is 0 Å². The number of hydrogen-bond donors (Lipinski definition) is 1. The van der Waals surface area contributed by atoms with Crippen LogP contribution < -0.4 is 5.32 Å². The lowest BCUT2D eigenvalue weighted by molar-refractivity contribution is -0.209. The highest BCUT2D eigenvalue weighted by atomic mass is 15.7. The third-order valence-electron chi connectivity index (χ3n) is 7.16. The van der Waals surface area contributed by atoms with E-state index in [4.69, 9.17) is 0 Å². The Hall–Kier alpha value is -0.900. The zero-order valence-corrected chi connectivity index (χ0v) is 18.9. The summed E-state index contributed by atoms with van der Waals surface area (Å²) in [4.78, 5) is 0. The van der Waals surface area contributed by atoms with Crippen LogP contribution in [-0.4, -0.2) is 41.9 Å². The fraction of sp³-hybridized carbons (Fsp3) is 0.760. The van der Waals surface area contributed by atoms with Crippen LogP contribution in [0.2, 0.25) is 0 Å². The molecule has 2 fully saturated rings. The Bertz CT molecular complexity index is 604. The highest BCUT2D eigenvalue weighted by Gasteiger charge is 2.53. The molecule has 3 nitrogen and oxygen atoms in total. The molecule has 2 atom stereocenters. The zero-order valence-electron chi connectivity index (χ0n) is 18.9. The fourth-order valence-electron chi connectivity index (χ4n) is 5.22. The first-order valence-electron chi connectivity index (χ1n) is 12.0. The second-order valence-electron chi connectivity index (χ2n) is 9.13. The summed E-state index contributed by atoms with van der Waals surface area (Å²) in [5.74, 6) is 0.606. The molecule has 0 aliphatic carbocycles. The zero-order chi connectivity index (χ0) is 20.0. The molecule has 28 heavy (non-hydrogen) atoms.